The summed E-state index contributed by atoms with van der Waals surface area (Å²) in [5.74, 6) is 0.553. The zero-order chi connectivity index (χ0) is 11.4. The molecule has 0 heterocycles. The Hall–Kier alpha value is -0.180. The maximum absolute atomic E-state index is 11.9. The first-order valence-electron chi connectivity index (χ1n) is 5.19. The van der Waals surface area contributed by atoms with Gasteiger partial charge in [-0.2, -0.15) is 11.8 Å². The summed E-state index contributed by atoms with van der Waals surface area (Å²) in [7, 11) is 0. The minimum Gasteiger partial charge on any atom is -0.350 e. The molecule has 1 N–H and O–H groups in total. The molecule has 0 aromatic carbocycles. The highest BCUT2D eigenvalue weighted by molar-refractivity contribution is 7.99. The summed E-state index contributed by atoms with van der Waals surface area (Å²) in [6.07, 6.45) is 2.95. The summed E-state index contributed by atoms with van der Waals surface area (Å²) in [4.78, 5) is 11.9. The Labute approximate surface area is 92.2 Å². The van der Waals surface area contributed by atoms with Crippen molar-refractivity contribution in [1.29, 1.82) is 0 Å². The lowest BCUT2D eigenvalue weighted by atomic mass is 10.0. The first-order chi connectivity index (χ1) is 6.34. The van der Waals surface area contributed by atoms with Crippen LogP contribution in [0.15, 0.2) is 0 Å². The molecule has 84 valence electrons. The molecular formula is C11H23NOS. The second kappa shape index (κ2) is 5.64. The van der Waals surface area contributed by atoms with Gasteiger partial charge in [-0.15, -0.1) is 0 Å². The van der Waals surface area contributed by atoms with Gasteiger partial charge in [0, 0.05) is 5.54 Å². The first-order valence-corrected chi connectivity index (χ1v) is 6.47. The van der Waals surface area contributed by atoms with Crippen LogP contribution in [-0.4, -0.2) is 23.0 Å². The normalized spacial score (nSPS) is 14.2. The molecule has 3 heteroatoms. The first kappa shape index (κ1) is 13.8. The zero-order valence-corrected chi connectivity index (χ0v) is 11.0. The van der Waals surface area contributed by atoms with Crippen LogP contribution in [0.25, 0.3) is 0 Å². The van der Waals surface area contributed by atoms with Crippen molar-refractivity contribution >= 4 is 17.7 Å². The molecule has 0 aromatic rings. The third kappa shape index (κ3) is 4.36. The fraction of sp³-hybridized carbons (Fsp3) is 0.909. The van der Waals surface area contributed by atoms with Crippen molar-refractivity contribution in [3.8, 4) is 0 Å². The van der Waals surface area contributed by atoms with E-state index in [1.165, 1.54) is 0 Å². The predicted octanol–water partition coefficient (Wildman–Crippen LogP) is 2.68. The van der Waals surface area contributed by atoms with Crippen LogP contribution in [0.4, 0.5) is 0 Å². The highest BCUT2D eigenvalue weighted by atomic mass is 32.2. The van der Waals surface area contributed by atoms with Crippen molar-refractivity contribution in [2.24, 2.45) is 5.92 Å². The van der Waals surface area contributed by atoms with E-state index in [0.29, 0.717) is 5.92 Å². The van der Waals surface area contributed by atoms with Gasteiger partial charge in [-0.1, -0.05) is 20.8 Å². The maximum atomic E-state index is 11.9. The highest BCUT2D eigenvalue weighted by Crippen LogP contribution is 2.18. The number of nitrogens with one attached hydrogen (secondary N) is 1. The van der Waals surface area contributed by atoms with Gasteiger partial charge in [-0.3, -0.25) is 4.79 Å². The van der Waals surface area contributed by atoms with Crippen LogP contribution < -0.4 is 5.32 Å². The number of carbonyl (C=O) groups is 1. The van der Waals surface area contributed by atoms with E-state index in [-0.39, 0.29) is 16.7 Å². The fourth-order valence-corrected chi connectivity index (χ4v) is 1.99. The van der Waals surface area contributed by atoms with E-state index in [9.17, 15) is 4.79 Å². The van der Waals surface area contributed by atoms with Crippen LogP contribution in [0.5, 0.6) is 0 Å². The molecule has 0 aliphatic carbocycles. The minimum atomic E-state index is -0.0834. The average Bonchev–Trinajstić information content (AvgIpc) is 2.03. The molecule has 14 heavy (non-hydrogen) atoms. The number of rotatable bonds is 5. The molecule has 0 aliphatic heterocycles. The van der Waals surface area contributed by atoms with Crippen molar-refractivity contribution in [2.75, 3.05) is 6.26 Å². The van der Waals surface area contributed by atoms with Crippen LogP contribution >= 0.6 is 11.8 Å². The lowest BCUT2D eigenvalue weighted by Crippen LogP contribution is -2.47. The Morgan fingerprint density at radius 1 is 1.43 bits per heavy atom. The van der Waals surface area contributed by atoms with E-state index in [1.807, 2.05) is 6.26 Å². The number of thioether (sulfide) groups is 1. The summed E-state index contributed by atoms with van der Waals surface area (Å²) in [5, 5.41) is 3.15. The Morgan fingerprint density at radius 3 is 2.21 bits per heavy atom. The third-order valence-corrected chi connectivity index (χ3v) is 3.73. The molecule has 0 saturated heterocycles. The molecule has 0 rings (SSSR count). The Balaban J connectivity index is 4.32. The lowest BCUT2D eigenvalue weighted by molar-refractivity contribution is -0.122. The van der Waals surface area contributed by atoms with Gasteiger partial charge < -0.3 is 5.32 Å². The van der Waals surface area contributed by atoms with Crippen molar-refractivity contribution in [1.82, 2.24) is 5.32 Å². The number of carbonyl (C=O) groups excluding carboxylic acids is 1. The molecule has 0 spiro atoms. The Morgan fingerprint density at radius 2 is 1.93 bits per heavy atom. The van der Waals surface area contributed by atoms with Gasteiger partial charge in [0.2, 0.25) is 5.91 Å². The minimum absolute atomic E-state index is 0.0702. The molecule has 0 aromatic heterocycles. The van der Waals surface area contributed by atoms with E-state index in [2.05, 4.69) is 39.9 Å². The molecular weight excluding hydrogens is 194 g/mol. The van der Waals surface area contributed by atoms with Crippen LogP contribution in [0.3, 0.4) is 0 Å². The molecule has 0 saturated carbocycles. The van der Waals surface area contributed by atoms with Crippen molar-refractivity contribution in [3.63, 3.8) is 0 Å². The SMILES string of the molecule is CCC(C)(C)NC(=O)[C@@H](SC)C(C)C. The molecule has 1 amide bonds. The van der Waals surface area contributed by atoms with E-state index >= 15 is 0 Å². The molecule has 0 aliphatic rings. The second-order valence-electron chi connectivity index (χ2n) is 4.63. The number of amides is 1. The molecule has 0 bridgehead atoms. The van der Waals surface area contributed by atoms with Gasteiger partial charge in [0.05, 0.1) is 5.25 Å². The van der Waals surface area contributed by atoms with Gasteiger partial charge in [0.25, 0.3) is 0 Å². The predicted molar refractivity (Wildman–Crippen MR) is 64.7 cm³/mol. The number of hydrogen-bond donors (Lipinski definition) is 1. The second-order valence-corrected chi connectivity index (χ2v) is 5.61. The maximum Gasteiger partial charge on any atom is 0.233 e. The fourth-order valence-electron chi connectivity index (χ4n) is 1.17. The highest BCUT2D eigenvalue weighted by Gasteiger charge is 2.25. The van der Waals surface area contributed by atoms with Crippen LogP contribution in [-0.2, 0) is 4.79 Å². The molecule has 0 unspecified atom stereocenters. The summed E-state index contributed by atoms with van der Waals surface area (Å²) in [6, 6.07) is 0. The largest absolute Gasteiger partial charge is 0.350 e. The van der Waals surface area contributed by atoms with Gasteiger partial charge in [0.1, 0.15) is 0 Å². The average molecular weight is 217 g/mol. The quantitative estimate of drug-likeness (QED) is 0.767. The van der Waals surface area contributed by atoms with E-state index in [4.69, 9.17) is 0 Å². The van der Waals surface area contributed by atoms with E-state index in [0.717, 1.165) is 6.42 Å². The van der Waals surface area contributed by atoms with Gasteiger partial charge >= 0.3 is 0 Å². The standard InChI is InChI=1S/C11H23NOS/c1-7-11(4,5)12-10(13)9(14-6)8(2)3/h8-9H,7H2,1-6H3,(H,12,13)/t9-/m0/s1. The molecule has 2 nitrogen and oxygen atoms in total. The Bertz CT molecular complexity index is 190. The van der Waals surface area contributed by atoms with Crippen molar-refractivity contribution in [3.05, 3.63) is 0 Å². The summed E-state index contributed by atoms with van der Waals surface area (Å²) < 4.78 is 0. The number of hydrogen-bond acceptors (Lipinski definition) is 2. The summed E-state index contributed by atoms with van der Waals surface area (Å²) in [6.45, 7) is 10.4. The lowest BCUT2D eigenvalue weighted by Gasteiger charge is -2.28. The molecule has 0 fully saturated rings. The van der Waals surface area contributed by atoms with Crippen LogP contribution in [0.1, 0.15) is 41.0 Å². The topological polar surface area (TPSA) is 29.1 Å². The van der Waals surface area contributed by atoms with Crippen molar-refractivity contribution < 1.29 is 4.79 Å². The molecule has 0 radical (unpaired) electrons. The van der Waals surface area contributed by atoms with Crippen LogP contribution in [0.2, 0.25) is 0 Å². The molecule has 1 atom stereocenters. The van der Waals surface area contributed by atoms with Crippen LogP contribution in [0, 0.1) is 5.92 Å². The van der Waals surface area contributed by atoms with Gasteiger partial charge in [0.15, 0.2) is 0 Å². The monoisotopic (exact) mass is 217 g/mol. The van der Waals surface area contributed by atoms with Gasteiger partial charge in [-0.25, -0.2) is 0 Å². The zero-order valence-electron chi connectivity index (χ0n) is 10.2. The van der Waals surface area contributed by atoms with E-state index in [1.54, 1.807) is 11.8 Å². The smallest absolute Gasteiger partial charge is 0.233 e. The summed E-state index contributed by atoms with van der Waals surface area (Å²) in [5.41, 5.74) is -0.0834. The van der Waals surface area contributed by atoms with Crippen molar-refractivity contribution in [2.45, 2.75) is 51.8 Å². The summed E-state index contributed by atoms with van der Waals surface area (Å²) >= 11 is 1.63. The van der Waals surface area contributed by atoms with E-state index < -0.39 is 0 Å². The Kier molecular flexibility index (Phi) is 5.57. The van der Waals surface area contributed by atoms with Gasteiger partial charge in [-0.05, 0) is 32.4 Å². The third-order valence-electron chi connectivity index (χ3n) is 2.46.